The number of anilines is 1. The maximum atomic E-state index is 13.2. The number of halogens is 2. The number of aromatic nitrogens is 5. The lowest BCUT2D eigenvalue weighted by Gasteiger charge is -2.10. The highest BCUT2D eigenvalue weighted by Crippen LogP contribution is 2.34. The van der Waals surface area contributed by atoms with Crippen LogP contribution >= 0.6 is 46.5 Å². The van der Waals surface area contributed by atoms with Crippen LogP contribution in [0.5, 0.6) is 0 Å². The monoisotopic (exact) mass is 550 g/mol. The van der Waals surface area contributed by atoms with E-state index in [0.29, 0.717) is 20.6 Å². The smallest absolute Gasteiger partial charge is 0.309 e. The molecule has 0 bridgehead atoms. The van der Waals surface area contributed by atoms with E-state index in [9.17, 15) is 14.0 Å². The fourth-order valence-corrected chi connectivity index (χ4v) is 5.43. The molecule has 0 saturated heterocycles. The van der Waals surface area contributed by atoms with E-state index in [-0.39, 0.29) is 27.3 Å². The molecular weight excluding hydrogens is 535 g/mol. The van der Waals surface area contributed by atoms with Crippen LogP contribution in [0.25, 0.3) is 0 Å². The van der Waals surface area contributed by atoms with Gasteiger partial charge in [0.15, 0.2) is 10.3 Å². The Kier molecular flexibility index (Phi) is 8.00. The van der Waals surface area contributed by atoms with Crippen molar-refractivity contribution in [2.75, 3.05) is 5.32 Å². The van der Waals surface area contributed by atoms with Crippen molar-refractivity contribution in [2.45, 2.75) is 33.1 Å². The van der Waals surface area contributed by atoms with Crippen LogP contribution < -0.4 is 5.32 Å². The second kappa shape index (κ2) is 11.2. The van der Waals surface area contributed by atoms with Crippen LogP contribution in [-0.4, -0.2) is 41.7 Å². The van der Waals surface area contributed by atoms with E-state index in [1.165, 1.54) is 23.5 Å². The van der Waals surface area contributed by atoms with Gasteiger partial charge in [-0.1, -0.05) is 46.8 Å². The standard InChI is InChI=1S/C21H16ClFN6O3S3/c1-29-10-24-28-21(29)34-15-7-6-14(33-12-4-2-11(9-23)3-5-12)17(26-15)19(32)27-20-25-13(8-16(30)31)18(22)35-20/h2-7,10H,8-9H2,1H3,(H,30,31)(H,25,27,32). The second-order valence-electron chi connectivity index (χ2n) is 6.97. The number of thiazole rings is 1. The lowest BCUT2D eigenvalue weighted by Crippen LogP contribution is -2.15. The zero-order valence-corrected chi connectivity index (χ0v) is 21.1. The third-order valence-electron chi connectivity index (χ3n) is 4.41. The minimum Gasteiger partial charge on any atom is -0.481 e. The molecule has 35 heavy (non-hydrogen) atoms. The van der Waals surface area contributed by atoms with Crippen LogP contribution in [0.3, 0.4) is 0 Å². The number of pyridine rings is 1. The Morgan fingerprint density at radius 3 is 2.60 bits per heavy atom. The van der Waals surface area contributed by atoms with E-state index >= 15 is 0 Å². The third kappa shape index (κ3) is 6.36. The molecule has 0 atom stereocenters. The van der Waals surface area contributed by atoms with Crippen LogP contribution in [-0.2, 0) is 24.9 Å². The fourth-order valence-electron chi connectivity index (χ4n) is 2.76. The molecule has 3 aromatic heterocycles. The number of benzene rings is 1. The summed E-state index contributed by atoms with van der Waals surface area (Å²) in [7, 11) is 1.79. The Balaban J connectivity index is 1.63. The number of alkyl halides is 1. The zero-order valence-electron chi connectivity index (χ0n) is 17.9. The van der Waals surface area contributed by atoms with Gasteiger partial charge in [-0.3, -0.25) is 14.9 Å². The molecule has 0 spiro atoms. The predicted molar refractivity (Wildman–Crippen MR) is 131 cm³/mol. The van der Waals surface area contributed by atoms with Gasteiger partial charge in [0, 0.05) is 16.8 Å². The summed E-state index contributed by atoms with van der Waals surface area (Å²) < 4.78 is 14.8. The van der Waals surface area contributed by atoms with Gasteiger partial charge in [-0.05, 0) is 41.6 Å². The van der Waals surface area contributed by atoms with E-state index in [4.69, 9.17) is 16.7 Å². The number of nitrogens with one attached hydrogen (secondary N) is 1. The van der Waals surface area contributed by atoms with Gasteiger partial charge < -0.3 is 9.67 Å². The van der Waals surface area contributed by atoms with E-state index < -0.39 is 18.6 Å². The summed E-state index contributed by atoms with van der Waals surface area (Å²) in [5.41, 5.74) is 0.850. The van der Waals surface area contributed by atoms with E-state index in [0.717, 1.165) is 16.2 Å². The molecule has 0 fully saturated rings. The van der Waals surface area contributed by atoms with Crippen molar-refractivity contribution >= 4 is 63.5 Å². The van der Waals surface area contributed by atoms with Crippen LogP contribution in [0.4, 0.5) is 9.52 Å². The van der Waals surface area contributed by atoms with Crippen molar-refractivity contribution in [3.63, 3.8) is 0 Å². The van der Waals surface area contributed by atoms with Crippen LogP contribution in [0.2, 0.25) is 4.34 Å². The molecular formula is C21H16ClFN6O3S3. The summed E-state index contributed by atoms with van der Waals surface area (Å²) in [6, 6.07) is 10.4. The summed E-state index contributed by atoms with van der Waals surface area (Å²) in [5, 5.41) is 20.8. The molecule has 14 heteroatoms. The molecule has 0 saturated carbocycles. The summed E-state index contributed by atoms with van der Waals surface area (Å²) in [4.78, 5) is 34.2. The molecule has 4 rings (SSSR count). The van der Waals surface area contributed by atoms with Crippen molar-refractivity contribution in [2.24, 2.45) is 7.05 Å². The number of aliphatic carboxylic acids is 1. The number of rotatable bonds is 9. The number of nitrogens with zero attached hydrogens (tertiary/aromatic N) is 5. The van der Waals surface area contributed by atoms with Gasteiger partial charge in [0.1, 0.15) is 28.1 Å². The van der Waals surface area contributed by atoms with Crippen molar-refractivity contribution in [1.82, 2.24) is 24.7 Å². The largest absolute Gasteiger partial charge is 0.481 e. The third-order valence-corrected chi connectivity index (χ3v) is 7.70. The molecule has 0 unspecified atom stereocenters. The number of hydrogen-bond acceptors (Lipinski definition) is 9. The molecule has 3 heterocycles. The van der Waals surface area contributed by atoms with Gasteiger partial charge in [-0.25, -0.2) is 14.4 Å². The van der Waals surface area contributed by atoms with Crippen molar-refractivity contribution in [3.8, 4) is 0 Å². The topological polar surface area (TPSA) is 123 Å². The van der Waals surface area contributed by atoms with Gasteiger partial charge in [-0.2, -0.15) is 0 Å². The predicted octanol–water partition coefficient (Wildman–Crippen LogP) is 4.97. The SMILES string of the molecule is Cn1cnnc1Sc1ccc(Sc2ccc(CF)cc2)c(C(=O)Nc2nc(CC(=O)O)c(Cl)s2)n1. The number of carboxylic acid groups (broad SMARTS) is 1. The number of amides is 1. The Labute approximate surface area is 216 Å². The highest BCUT2D eigenvalue weighted by atomic mass is 35.5. The minimum atomic E-state index is -1.08. The molecule has 0 aliphatic carbocycles. The quantitative estimate of drug-likeness (QED) is 0.297. The van der Waals surface area contributed by atoms with E-state index in [1.807, 2.05) is 0 Å². The van der Waals surface area contributed by atoms with Crippen molar-refractivity contribution < 1.29 is 19.1 Å². The Morgan fingerprint density at radius 2 is 1.94 bits per heavy atom. The Hall–Kier alpha value is -3.00. The first-order chi connectivity index (χ1) is 16.8. The molecule has 4 aromatic rings. The van der Waals surface area contributed by atoms with Gasteiger partial charge in [0.25, 0.3) is 5.91 Å². The van der Waals surface area contributed by atoms with Gasteiger partial charge in [0.05, 0.1) is 12.1 Å². The molecule has 0 aliphatic heterocycles. The Bertz CT molecular complexity index is 1380. The number of carbonyl (C=O) groups excluding carboxylic acids is 1. The molecule has 1 amide bonds. The normalized spacial score (nSPS) is 10.9. The van der Waals surface area contributed by atoms with Crippen molar-refractivity contribution in [3.05, 3.63) is 64.0 Å². The maximum absolute atomic E-state index is 13.2. The van der Waals surface area contributed by atoms with Gasteiger partial charge in [0.2, 0.25) is 0 Å². The second-order valence-corrected chi connectivity index (χ2v) is 10.7. The number of aryl methyl sites for hydroxylation is 1. The van der Waals surface area contributed by atoms with Crippen LogP contribution in [0.1, 0.15) is 21.7 Å². The average Bonchev–Trinajstić information content (AvgIpc) is 3.39. The van der Waals surface area contributed by atoms with Crippen LogP contribution in [0.15, 0.2) is 62.7 Å². The van der Waals surface area contributed by atoms with Gasteiger partial charge in [-0.15, -0.1) is 10.2 Å². The number of hydrogen-bond donors (Lipinski definition) is 2. The van der Waals surface area contributed by atoms with Gasteiger partial charge >= 0.3 is 5.97 Å². The summed E-state index contributed by atoms with van der Waals surface area (Å²) in [6.07, 6.45) is 1.20. The molecule has 9 nitrogen and oxygen atoms in total. The first kappa shape index (κ1) is 25.1. The zero-order chi connectivity index (χ0) is 24.9. The van der Waals surface area contributed by atoms with Crippen molar-refractivity contribution in [1.29, 1.82) is 0 Å². The number of carbonyl (C=O) groups is 2. The molecule has 180 valence electrons. The van der Waals surface area contributed by atoms with E-state index in [1.54, 1.807) is 54.3 Å². The first-order valence-electron chi connectivity index (χ1n) is 9.86. The lowest BCUT2D eigenvalue weighted by molar-refractivity contribution is -0.136. The average molecular weight is 551 g/mol. The van der Waals surface area contributed by atoms with Crippen LogP contribution in [0, 0.1) is 0 Å². The summed E-state index contributed by atoms with van der Waals surface area (Å²) in [5.74, 6) is -1.62. The molecule has 0 radical (unpaired) electrons. The summed E-state index contributed by atoms with van der Waals surface area (Å²) >= 11 is 9.58. The highest BCUT2D eigenvalue weighted by Gasteiger charge is 2.20. The first-order valence-corrected chi connectivity index (χ1v) is 12.7. The number of carboxylic acids is 1. The molecule has 0 aliphatic rings. The minimum absolute atomic E-state index is 0.128. The fraction of sp³-hybridized carbons (Fsp3) is 0.143. The summed E-state index contributed by atoms with van der Waals surface area (Å²) in [6.45, 7) is -0.561. The molecule has 1 aromatic carbocycles. The molecule has 2 N–H and O–H groups in total. The highest BCUT2D eigenvalue weighted by molar-refractivity contribution is 7.99. The maximum Gasteiger partial charge on any atom is 0.309 e. The lowest BCUT2D eigenvalue weighted by atomic mass is 10.2. The van der Waals surface area contributed by atoms with E-state index in [2.05, 4.69) is 25.5 Å². The Morgan fingerprint density at radius 1 is 1.17 bits per heavy atom.